The molecular formula is C19H38N10. The van der Waals surface area contributed by atoms with E-state index in [2.05, 4.69) is 66.3 Å². The van der Waals surface area contributed by atoms with Crippen LogP contribution in [0.4, 0.5) is 0 Å². The topological polar surface area (TPSA) is 86.5 Å². The van der Waals surface area contributed by atoms with Crippen LogP contribution in [0.2, 0.25) is 0 Å². The summed E-state index contributed by atoms with van der Waals surface area (Å²) in [5.74, 6) is 3.39. The van der Waals surface area contributed by atoms with Gasteiger partial charge in [0.1, 0.15) is 12.3 Å². The van der Waals surface area contributed by atoms with Gasteiger partial charge in [-0.3, -0.25) is 5.32 Å². The van der Waals surface area contributed by atoms with Gasteiger partial charge >= 0.3 is 0 Å². The fourth-order valence-electron chi connectivity index (χ4n) is 2.95. The zero-order chi connectivity index (χ0) is 21.6. The minimum absolute atomic E-state index is 0.0324. The van der Waals surface area contributed by atoms with Gasteiger partial charge in [0.15, 0.2) is 0 Å². The van der Waals surface area contributed by atoms with Crippen molar-refractivity contribution >= 4 is 23.8 Å². The lowest BCUT2D eigenvalue weighted by Gasteiger charge is -2.30. The molecule has 0 saturated carbocycles. The maximum Gasteiger partial charge on any atom is 0.225 e. The van der Waals surface area contributed by atoms with Gasteiger partial charge in [-0.1, -0.05) is 0 Å². The molecule has 0 fully saturated rings. The molecule has 29 heavy (non-hydrogen) atoms. The Balaban J connectivity index is 1.80. The van der Waals surface area contributed by atoms with Crippen molar-refractivity contribution in [3.8, 4) is 0 Å². The van der Waals surface area contributed by atoms with Gasteiger partial charge in [0.2, 0.25) is 23.8 Å². The molecule has 0 amide bonds. The first kappa shape index (κ1) is 22.8. The smallest absolute Gasteiger partial charge is 0.225 e. The molecule has 0 aliphatic carbocycles. The second-order valence-electron chi connectivity index (χ2n) is 7.81. The van der Waals surface area contributed by atoms with Crippen molar-refractivity contribution in [1.29, 1.82) is 0 Å². The van der Waals surface area contributed by atoms with E-state index in [0.717, 1.165) is 56.3 Å². The zero-order valence-electron chi connectivity index (χ0n) is 19.3. The van der Waals surface area contributed by atoms with E-state index in [1.165, 1.54) is 0 Å². The van der Waals surface area contributed by atoms with Crippen molar-refractivity contribution in [1.82, 2.24) is 30.2 Å². The Hall–Kier alpha value is -2.52. The molecule has 0 saturated heterocycles. The number of rotatable bonds is 6. The van der Waals surface area contributed by atoms with Crippen molar-refractivity contribution in [3.05, 3.63) is 0 Å². The van der Waals surface area contributed by atoms with Crippen LogP contribution in [0.1, 0.15) is 33.6 Å². The van der Waals surface area contributed by atoms with Crippen molar-refractivity contribution in [3.63, 3.8) is 0 Å². The molecule has 10 heteroatoms. The highest BCUT2D eigenvalue weighted by Crippen LogP contribution is 2.06. The first-order chi connectivity index (χ1) is 13.7. The average Bonchev–Trinajstić information content (AvgIpc) is 2.69. The zero-order valence-corrected chi connectivity index (χ0v) is 19.3. The molecule has 0 spiro atoms. The first-order valence-electron chi connectivity index (χ1n) is 10.4. The Kier molecular flexibility index (Phi) is 8.10. The van der Waals surface area contributed by atoms with Crippen LogP contribution in [-0.2, 0) is 0 Å². The predicted octanol–water partition coefficient (Wildman–Crippen LogP) is 0.466. The van der Waals surface area contributed by atoms with E-state index in [1.54, 1.807) is 0 Å². The highest BCUT2D eigenvalue weighted by molar-refractivity contribution is 5.99. The molecule has 2 aliphatic rings. The fourth-order valence-corrected chi connectivity index (χ4v) is 2.95. The summed E-state index contributed by atoms with van der Waals surface area (Å²) in [5, 5.41) is 6.61. The third-order valence-electron chi connectivity index (χ3n) is 4.89. The number of hydrogen-bond donors (Lipinski definition) is 2. The van der Waals surface area contributed by atoms with E-state index < -0.39 is 0 Å². The Labute approximate surface area is 175 Å². The summed E-state index contributed by atoms with van der Waals surface area (Å²) in [5.41, 5.74) is 0. The molecule has 0 aromatic carbocycles. The lowest BCUT2D eigenvalue weighted by Crippen LogP contribution is -2.50. The summed E-state index contributed by atoms with van der Waals surface area (Å²) >= 11 is 0. The van der Waals surface area contributed by atoms with Crippen molar-refractivity contribution < 1.29 is 0 Å². The lowest BCUT2D eigenvalue weighted by molar-refractivity contribution is 0.414. The first-order valence-corrected chi connectivity index (χ1v) is 10.4. The Morgan fingerprint density at radius 1 is 0.793 bits per heavy atom. The number of hydrogen-bond acceptors (Lipinski definition) is 10. The van der Waals surface area contributed by atoms with Crippen LogP contribution in [0.15, 0.2) is 20.0 Å². The standard InChI is InChI=1S/C19H38N10/c1-9-27(6)17-21-15(3)23-19(25-17)29(8)13-11-10-12-28(7)18-22-14(2)20-16(24-18)26(4)5/h14-15H,9-13H2,1-8H3,(H,20,22,24)(H,21,23,25). The van der Waals surface area contributed by atoms with Crippen LogP contribution in [0.5, 0.6) is 0 Å². The van der Waals surface area contributed by atoms with Gasteiger partial charge in [0, 0.05) is 54.9 Å². The summed E-state index contributed by atoms with van der Waals surface area (Å²) in [6.07, 6.45) is 2.07. The Morgan fingerprint density at radius 3 is 2.03 bits per heavy atom. The second kappa shape index (κ2) is 10.3. The summed E-state index contributed by atoms with van der Waals surface area (Å²) in [7, 11) is 10.1. The van der Waals surface area contributed by atoms with E-state index in [-0.39, 0.29) is 12.3 Å². The molecule has 2 unspecified atom stereocenters. The third-order valence-corrected chi connectivity index (χ3v) is 4.89. The molecule has 2 atom stereocenters. The number of nitrogens with one attached hydrogen (secondary N) is 2. The molecule has 2 rings (SSSR count). The van der Waals surface area contributed by atoms with Gasteiger partial charge < -0.3 is 24.9 Å². The molecule has 2 aliphatic heterocycles. The van der Waals surface area contributed by atoms with Crippen LogP contribution in [-0.4, -0.2) is 111 Å². The van der Waals surface area contributed by atoms with E-state index >= 15 is 0 Å². The predicted molar refractivity (Wildman–Crippen MR) is 121 cm³/mol. The molecule has 2 N–H and O–H groups in total. The van der Waals surface area contributed by atoms with E-state index in [4.69, 9.17) is 0 Å². The maximum atomic E-state index is 4.67. The van der Waals surface area contributed by atoms with Crippen LogP contribution in [0.3, 0.4) is 0 Å². The number of guanidine groups is 4. The van der Waals surface area contributed by atoms with Gasteiger partial charge in [0.05, 0.1) is 0 Å². The van der Waals surface area contributed by atoms with Crippen LogP contribution in [0, 0.1) is 0 Å². The summed E-state index contributed by atoms with van der Waals surface area (Å²) in [6.45, 7) is 8.89. The van der Waals surface area contributed by atoms with Crippen LogP contribution < -0.4 is 10.6 Å². The summed E-state index contributed by atoms with van der Waals surface area (Å²) in [6, 6.07) is 0. The molecule has 0 aromatic rings. The van der Waals surface area contributed by atoms with E-state index in [0.29, 0.717) is 0 Å². The van der Waals surface area contributed by atoms with Gasteiger partial charge in [-0.05, 0) is 33.6 Å². The minimum Gasteiger partial charge on any atom is -0.349 e. The number of nitrogens with zero attached hydrogens (tertiary/aromatic N) is 8. The van der Waals surface area contributed by atoms with E-state index in [1.807, 2.05) is 39.9 Å². The molecule has 0 aromatic heterocycles. The largest absolute Gasteiger partial charge is 0.349 e. The van der Waals surface area contributed by atoms with Crippen molar-refractivity contribution in [2.75, 3.05) is 54.9 Å². The van der Waals surface area contributed by atoms with Crippen molar-refractivity contribution in [2.24, 2.45) is 20.0 Å². The van der Waals surface area contributed by atoms with E-state index in [9.17, 15) is 0 Å². The van der Waals surface area contributed by atoms with Gasteiger partial charge in [-0.2, -0.15) is 4.99 Å². The molecule has 0 radical (unpaired) electrons. The van der Waals surface area contributed by atoms with Gasteiger partial charge in [-0.25, -0.2) is 15.0 Å². The van der Waals surface area contributed by atoms with Gasteiger partial charge in [0.25, 0.3) is 0 Å². The highest BCUT2D eigenvalue weighted by atomic mass is 15.4. The SMILES string of the molecule is CCN(C)C1=NC(N(C)CCCCN(C)C2=NC(C)N=C(N(C)C)N2)=NC(C)N1. The lowest BCUT2D eigenvalue weighted by atomic mass is 10.3. The highest BCUT2D eigenvalue weighted by Gasteiger charge is 2.19. The van der Waals surface area contributed by atoms with Gasteiger partial charge in [-0.15, -0.1) is 0 Å². The third kappa shape index (κ3) is 6.50. The van der Waals surface area contributed by atoms with Crippen LogP contribution in [0.25, 0.3) is 0 Å². The quantitative estimate of drug-likeness (QED) is 0.624. The molecule has 164 valence electrons. The normalized spacial score (nSPS) is 21.1. The number of unbranched alkanes of at least 4 members (excludes halogenated alkanes) is 1. The molecular weight excluding hydrogens is 368 g/mol. The van der Waals surface area contributed by atoms with Crippen LogP contribution >= 0.6 is 0 Å². The second-order valence-corrected chi connectivity index (χ2v) is 7.81. The molecule has 10 nitrogen and oxygen atoms in total. The maximum absolute atomic E-state index is 4.67. The van der Waals surface area contributed by atoms with Crippen molar-refractivity contribution in [2.45, 2.75) is 45.9 Å². The molecule has 0 bridgehead atoms. The summed E-state index contributed by atoms with van der Waals surface area (Å²) < 4.78 is 0. The minimum atomic E-state index is -0.0644. The summed E-state index contributed by atoms with van der Waals surface area (Å²) in [4.78, 5) is 26.8. The fraction of sp³-hybridized carbons (Fsp3) is 0.789. The average molecular weight is 407 g/mol. The number of aliphatic imine (C=N–C) groups is 4. The Morgan fingerprint density at radius 2 is 1.41 bits per heavy atom. The molecule has 2 heterocycles. The monoisotopic (exact) mass is 406 g/mol. The Bertz CT molecular complexity index is 666.